The van der Waals surface area contributed by atoms with Crippen LogP contribution in [0.1, 0.15) is 28.0 Å². The van der Waals surface area contributed by atoms with Gasteiger partial charge in [0.2, 0.25) is 11.8 Å². The molecule has 0 saturated carbocycles. The largest absolute Gasteiger partial charge is 0.418 e. The third-order valence-corrected chi connectivity index (χ3v) is 5.20. The molecule has 196 valence electrons. The van der Waals surface area contributed by atoms with Crippen LogP contribution in [-0.4, -0.2) is 35.0 Å². The number of primary amides is 1. The fourth-order valence-corrected chi connectivity index (χ4v) is 3.31. The van der Waals surface area contributed by atoms with Gasteiger partial charge in [0.05, 0.1) is 59.1 Å². The number of nitrogens with zero attached hydrogens (tertiary/aromatic N) is 2. The van der Waals surface area contributed by atoms with Gasteiger partial charge in [-0.3, -0.25) is 19.6 Å². The van der Waals surface area contributed by atoms with E-state index in [1.165, 1.54) is 42.9 Å². The molecule has 3 aromatic rings. The van der Waals surface area contributed by atoms with Crippen LogP contribution in [0.15, 0.2) is 55.0 Å². The summed E-state index contributed by atoms with van der Waals surface area (Å²) in [6.07, 6.45) is 0.120. The third-order valence-electron chi connectivity index (χ3n) is 5.20. The molecule has 1 atom stereocenters. The number of nitrogen functional groups attached to an aromatic ring is 1. The Morgan fingerprint density at radius 2 is 1.89 bits per heavy atom. The van der Waals surface area contributed by atoms with E-state index in [4.69, 9.17) is 16.2 Å². The summed E-state index contributed by atoms with van der Waals surface area (Å²) in [6, 6.07) is 7.42. The quantitative estimate of drug-likeness (QED) is 0.365. The maximum absolute atomic E-state index is 14.2. The van der Waals surface area contributed by atoms with Crippen molar-refractivity contribution in [3.8, 4) is 0 Å². The van der Waals surface area contributed by atoms with E-state index in [9.17, 15) is 27.2 Å². The number of hydrogen-bond donors (Lipinski definition) is 4. The summed E-state index contributed by atoms with van der Waals surface area (Å²) in [5.74, 6) is -1.74. The van der Waals surface area contributed by atoms with Gasteiger partial charge in [0.15, 0.2) is 0 Å². The molecule has 9 nitrogen and oxygen atoms in total. The smallest absolute Gasteiger partial charge is 0.397 e. The van der Waals surface area contributed by atoms with Crippen LogP contribution in [0.5, 0.6) is 0 Å². The van der Waals surface area contributed by atoms with Crippen LogP contribution in [0.25, 0.3) is 0 Å². The summed E-state index contributed by atoms with van der Waals surface area (Å²) in [5.41, 5.74) is 10.1. The molecule has 3 heterocycles. The van der Waals surface area contributed by atoms with Crippen LogP contribution in [0.4, 0.5) is 34.6 Å². The summed E-state index contributed by atoms with van der Waals surface area (Å²) in [7, 11) is 0. The number of ether oxygens (including phenoxy) is 1. The number of pyridine rings is 2. The number of nitrogens with one attached hydrogen (secondary N) is 2. The zero-order chi connectivity index (χ0) is 27.0. The highest BCUT2D eigenvalue weighted by atomic mass is 19.4. The lowest BCUT2D eigenvalue weighted by Crippen LogP contribution is -2.31. The van der Waals surface area contributed by atoms with E-state index in [1.807, 2.05) is 0 Å². The van der Waals surface area contributed by atoms with Gasteiger partial charge < -0.3 is 26.8 Å². The number of carbonyl (C=O) groups is 2. The Balaban J connectivity index is 0.000000319. The third kappa shape index (κ3) is 7.87. The van der Waals surface area contributed by atoms with Gasteiger partial charge in [-0.1, -0.05) is 12.1 Å². The fourth-order valence-electron chi connectivity index (χ4n) is 3.31. The topological polar surface area (TPSA) is 145 Å². The lowest BCUT2D eigenvalue weighted by Gasteiger charge is -2.15. The van der Waals surface area contributed by atoms with Crippen molar-refractivity contribution >= 4 is 28.9 Å². The number of anilines is 3. The number of para-hydroxylation sites is 1. The molecular formula is C24H24F4N6O3. The molecule has 37 heavy (non-hydrogen) atoms. The van der Waals surface area contributed by atoms with Crippen molar-refractivity contribution in [2.45, 2.75) is 19.1 Å². The molecule has 2 amide bonds. The van der Waals surface area contributed by atoms with Crippen LogP contribution in [0.3, 0.4) is 0 Å². The number of carbonyl (C=O) groups excluding carboxylic acids is 2. The van der Waals surface area contributed by atoms with Gasteiger partial charge in [0.1, 0.15) is 5.82 Å². The highest BCUT2D eigenvalue weighted by Gasteiger charge is 2.33. The summed E-state index contributed by atoms with van der Waals surface area (Å²) in [4.78, 5) is 30.0. The summed E-state index contributed by atoms with van der Waals surface area (Å²) < 4.78 is 58.4. The first-order valence-corrected chi connectivity index (χ1v) is 11.0. The van der Waals surface area contributed by atoms with Crippen molar-refractivity contribution in [1.82, 2.24) is 15.3 Å². The van der Waals surface area contributed by atoms with Crippen LogP contribution >= 0.6 is 0 Å². The number of alkyl halides is 3. The lowest BCUT2D eigenvalue weighted by atomic mass is 10.1. The van der Waals surface area contributed by atoms with Gasteiger partial charge >= 0.3 is 6.18 Å². The average Bonchev–Trinajstić information content (AvgIpc) is 3.39. The van der Waals surface area contributed by atoms with Gasteiger partial charge in [-0.2, -0.15) is 13.2 Å². The van der Waals surface area contributed by atoms with Crippen LogP contribution in [0.2, 0.25) is 0 Å². The zero-order valence-corrected chi connectivity index (χ0v) is 19.4. The standard InChI is InChI=1S/C18H17F4N3O2.C6H7N3O/c19-14-7-12(25-15-4-2-1-3-13(15)18(20,21)22)8-23-16(14)9-24-17(26)11-5-6-27-10-11;7-5-1-4(6(8)10)2-9-3-5/h1-4,7-8,11,25H,5-6,9-10H2,(H,24,26);1-3H,7H2,(H2,8,10)/t11-;/m1./s1. The van der Waals surface area contributed by atoms with E-state index in [1.54, 1.807) is 0 Å². The second kappa shape index (κ2) is 12.1. The molecule has 1 aliphatic heterocycles. The first-order chi connectivity index (χ1) is 17.5. The first kappa shape index (κ1) is 27.3. The Kier molecular flexibility index (Phi) is 8.95. The highest BCUT2D eigenvalue weighted by Crippen LogP contribution is 2.35. The monoisotopic (exact) mass is 520 g/mol. The molecule has 0 aliphatic carbocycles. The number of amides is 2. The van der Waals surface area contributed by atoms with E-state index in [0.29, 0.717) is 30.9 Å². The van der Waals surface area contributed by atoms with Crippen molar-refractivity contribution < 1.29 is 31.9 Å². The number of rotatable bonds is 6. The van der Waals surface area contributed by atoms with Crippen molar-refractivity contribution in [2.24, 2.45) is 11.7 Å². The minimum atomic E-state index is -4.54. The maximum Gasteiger partial charge on any atom is 0.418 e. The molecular weight excluding hydrogens is 496 g/mol. The van der Waals surface area contributed by atoms with E-state index < -0.39 is 23.5 Å². The molecule has 1 aromatic carbocycles. The van der Waals surface area contributed by atoms with Gasteiger partial charge in [-0.15, -0.1) is 0 Å². The van der Waals surface area contributed by atoms with Crippen molar-refractivity contribution in [2.75, 3.05) is 24.3 Å². The lowest BCUT2D eigenvalue weighted by molar-refractivity contribution is -0.137. The van der Waals surface area contributed by atoms with E-state index in [-0.39, 0.29) is 35.4 Å². The Labute approximate surface area is 209 Å². The summed E-state index contributed by atoms with van der Waals surface area (Å²) in [6.45, 7) is 0.744. The predicted molar refractivity (Wildman–Crippen MR) is 127 cm³/mol. The fraction of sp³-hybridized carbons (Fsp3) is 0.250. The number of hydrogen-bond acceptors (Lipinski definition) is 7. The minimum Gasteiger partial charge on any atom is -0.397 e. The SMILES string of the molecule is NC(=O)c1cncc(N)c1.O=C(NCc1ncc(Nc2ccccc2C(F)(F)F)cc1F)[C@@H]1CCOC1. The second-order valence-electron chi connectivity index (χ2n) is 7.97. The number of aromatic nitrogens is 2. The second-order valence-corrected chi connectivity index (χ2v) is 7.97. The van der Waals surface area contributed by atoms with Crippen LogP contribution in [-0.2, 0) is 22.3 Å². The Morgan fingerprint density at radius 3 is 2.49 bits per heavy atom. The van der Waals surface area contributed by atoms with Gasteiger partial charge in [-0.05, 0) is 24.6 Å². The normalized spacial score (nSPS) is 14.9. The van der Waals surface area contributed by atoms with Crippen molar-refractivity contribution in [3.63, 3.8) is 0 Å². The molecule has 4 rings (SSSR count). The van der Waals surface area contributed by atoms with Gasteiger partial charge in [0, 0.05) is 25.1 Å². The van der Waals surface area contributed by atoms with Gasteiger partial charge in [0.25, 0.3) is 0 Å². The molecule has 0 spiro atoms. The molecule has 0 unspecified atom stereocenters. The molecule has 1 fully saturated rings. The van der Waals surface area contributed by atoms with Crippen LogP contribution < -0.4 is 22.1 Å². The van der Waals surface area contributed by atoms with E-state index in [0.717, 1.165) is 12.1 Å². The first-order valence-electron chi connectivity index (χ1n) is 11.0. The van der Waals surface area contributed by atoms with Gasteiger partial charge in [-0.25, -0.2) is 4.39 Å². The molecule has 0 bridgehead atoms. The molecule has 0 radical (unpaired) electrons. The molecule has 1 aliphatic rings. The van der Waals surface area contributed by atoms with E-state index >= 15 is 0 Å². The Bertz CT molecular complexity index is 1250. The zero-order valence-electron chi connectivity index (χ0n) is 19.4. The van der Waals surface area contributed by atoms with Crippen LogP contribution in [0, 0.1) is 11.7 Å². The van der Waals surface area contributed by atoms with Crippen molar-refractivity contribution in [1.29, 1.82) is 0 Å². The Hall–Kier alpha value is -4.26. The average molecular weight is 520 g/mol. The molecule has 1 saturated heterocycles. The number of nitrogens with two attached hydrogens (primary N) is 2. The maximum atomic E-state index is 14.2. The minimum absolute atomic E-state index is 0.00285. The molecule has 6 N–H and O–H groups in total. The number of halogens is 4. The van der Waals surface area contributed by atoms with Crippen molar-refractivity contribution in [3.05, 3.63) is 77.6 Å². The molecule has 2 aromatic heterocycles. The Morgan fingerprint density at radius 1 is 1.14 bits per heavy atom. The highest BCUT2D eigenvalue weighted by molar-refractivity contribution is 5.93. The molecule has 13 heteroatoms. The summed E-state index contributed by atoms with van der Waals surface area (Å²) >= 11 is 0. The predicted octanol–water partition coefficient (Wildman–Crippen LogP) is 3.40. The summed E-state index contributed by atoms with van der Waals surface area (Å²) in [5, 5.41) is 5.12. The number of benzene rings is 1. The van der Waals surface area contributed by atoms with E-state index in [2.05, 4.69) is 20.6 Å².